The van der Waals surface area contributed by atoms with Crippen LogP contribution in [0, 0.1) is 12.3 Å². The lowest BCUT2D eigenvalue weighted by Crippen LogP contribution is -2.39. The summed E-state index contributed by atoms with van der Waals surface area (Å²) in [5.41, 5.74) is 0.675. The molecule has 128 valence electrons. The van der Waals surface area contributed by atoms with E-state index in [4.69, 9.17) is 9.52 Å². The zero-order valence-electron chi connectivity index (χ0n) is 14.5. The molecule has 0 saturated heterocycles. The normalized spacial score (nSPS) is 11.3. The summed E-state index contributed by atoms with van der Waals surface area (Å²) in [6.45, 7) is 5.67. The molecule has 1 heterocycles. The zero-order valence-corrected chi connectivity index (χ0v) is 14.5. The fourth-order valence-electron chi connectivity index (χ4n) is 2.84. The van der Waals surface area contributed by atoms with E-state index >= 15 is 0 Å². The Hall–Kier alpha value is -2.56. The van der Waals surface area contributed by atoms with E-state index < -0.39 is 11.4 Å². The Balaban J connectivity index is 2.08. The second-order valence-corrected chi connectivity index (χ2v) is 6.70. The highest BCUT2D eigenvalue weighted by atomic mass is 16.4. The standard InChI is InChI=1S/C19H23NO4/c1-13-16(17(21)22)10-15(24-13)12-20(4)18(23)19(2,3)11-14-8-6-5-7-9-14/h5-10H,11-12H2,1-4H3,(H,21,22). The molecule has 24 heavy (non-hydrogen) atoms. The van der Waals surface area contributed by atoms with E-state index in [0.29, 0.717) is 17.9 Å². The molecule has 1 amide bonds. The molecule has 2 aromatic rings. The van der Waals surface area contributed by atoms with Crippen LogP contribution >= 0.6 is 0 Å². The minimum atomic E-state index is -1.03. The highest BCUT2D eigenvalue weighted by molar-refractivity contribution is 5.88. The summed E-state index contributed by atoms with van der Waals surface area (Å²) in [6, 6.07) is 11.3. The van der Waals surface area contributed by atoms with Gasteiger partial charge < -0.3 is 14.4 Å². The van der Waals surface area contributed by atoms with Crippen molar-refractivity contribution >= 4 is 11.9 Å². The topological polar surface area (TPSA) is 70.8 Å². The predicted octanol–water partition coefficient (Wildman–Crippen LogP) is 3.51. The van der Waals surface area contributed by atoms with E-state index in [9.17, 15) is 9.59 Å². The molecular formula is C19H23NO4. The van der Waals surface area contributed by atoms with Crippen molar-refractivity contribution in [2.24, 2.45) is 5.41 Å². The lowest BCUT2D eigenvalue weighted by molar-refractivity contribution is -0.139. The molecule has 1 N–H and O–H groups in total. The van der Waals surface area contributed by atoms with Crippen LogP contribution in [0.3, 0.4) is 0 Å². The van der Waals surface area contributed by atoms with Gasteiger partial charge in [0.05, 0.1) is 6.54 Å². The van der Waals surface area contributed by atoms with Gasteiger partial charge in [-0.25, -0.2) is 4.79 Å². The van der Waals surface area contributed by atoms with Gasteiger partial charge in [0, 0.05) is 12.5 Å². The van der Waals surface area contributed by atoms with Gasteiger partial charge in [0.1, 0.15) is 17.1 Å². The fourth-order valence-corrected chi connectivity index (χ4v) is 2.84. The smallest absolute Gasteiger partial charge is 0.339 e. The van der Waals surface area contributed by atoms with Crippen LogP contribution < -0.4 is 0 Å². The number of benzene rings is 1. The number of furan rings is 1. The molecule has 0 atom stereocenters. The van der Waals surface area contributed by atoms with Gasteiger partial charge in [-0.15, -0.1) is 0 Å². The molecule has 0 saturated carbocycles. The van der Waals surface area contributed by atoms with Crippen LogP contribution in [-0.2, 0) is 17.8 Å². The van der Waals surface area contributed by atoms with E-state index in [1.807, 2.05) is 44.2 Å². The van der Waals surface area contributed by atoms with Crippen molar-refractivity contribution in [1.29, 1.82) is 0 Å². The lowest BCUT2D eigenvalue weighted by Gasteiger charge is -2.29. The second kappa shape index (κ2) is 6.91. The fraction of sp³-hybridized carbons (Fsp3) is 0.368. The van der Waals surface area contributed by atoms with Crippen LogP contribution in [-0.4, -0.2) is 28.9 Å². The average Bonchev–Trinajstić information content (AvgIpc) is 2.87. The number of carboxylic acids is 1. The Morgan fingerprint density at radius 3 is 2.38 bits per heavy atom. The average molecular weight is 329 g/mol. The highest BCUT2D eigenvalue weighted by Gasteiger charge is 2.31. The lowest BCUT2D eigenvalue weighted by atomic mass is 9.84. The Labute approximate surface area is 141 Å². The van der Waals surface area contributed by atoms with Crippen LogP contribution in [0.2, 0.25) is 0 Å². The summed E-state index contributed by atoms with van der Waals surface area (Å²) in [7, 11) is 1.70. The largest absolute Gasteiger partial charge is 0.478 e. The maximum Gasteiger partial charge on any atom is 0.339 e. The molecule has 0 unspecified atom stereocenters. The van der Waals surface area contributed by atoms with E-state index in [1.165, 1.54) is 6.07 Å². The Bertz CT molecular complexity index is 731. The Kier molecular flexibility index (Phi) is 5.12. The molecule has 1 aromatic heterocycles. The number of hydrogen-bond donors (Lipinski definition) is 1. The van der Waals surface area contributed by atoms with Crippen LogP contribution in [0.1, 0.15) is 41.3 Å². The first-order valence-corrected chi connectivity index (χ1v) is 7.83. The van der Waals surface area contributed by atoms with E-state index in [2.05, 4.69) is 0 Å². The first-order chi connectivity index (χ1) is 11.2. The number of rotatable bonds is 6. The molecule has 1 aromatic carbocycles. The number of hydrogen-bond acceptors (Lipinski definition) is 3. The molecule has 0 aliphatic rings. The van der Waals surface area contributed by atoms with Crippen LogP contribution in [0.25, 0.3) is 0 Å². The molecule has 0 spiro atoms. The van der Waals surface area contributed by atoms with Crippen molar-refractivity contribution in [2.45, 2.75) is 33.7 Å². The summed E-state index contributed by atoms with van der Waals surface area (Å²) >= 11 is 0. The summed E-state index contributed by atoms with van der Waals surface area (Å²) in [5, 5.41) is 9.08. The van der Waals surface area contributed by atoms with Gasteiger partial charge in [0.25, 0.3) is 0 Å². The quantitative estimate of drug-likeness (QED) is 0.880. The zero-order chi connectivity index (χ0) is 17.9. The van der Waals surface area contributed by atoms with Gasteiger partial charge >= 0.3 is 5.97 Å². The van der Waals surface area contributed by atoms with Crippen molar-refractivity contribution in [3.63, 3.8) is 0 Å². The first-order valence-electron chi connectivity index (χ1n) is 7.83. The van der Waals surface area contributed by atoms with Crippen molar-refractivity contribution < 1.29 is 19.1 Å². The minimum absolute atomic E-state index is 0.0164. The first kappa shape index (κ1) is 17.8. The van der Waals surface area contributed by atoms with Crippen LogP contribution in [0.5, 0.6) is 0 Å². The Morgan fingerprint density at radius 2 is 1.83 bits per heavy atom. The Morgan fingerprint density at radius 1 is 1.21 bits per heavy atom. The highest BCUT2D eigenvalue weighted by Crippen LogP contribution is 2.25. The molecule has 5 nitrogen and oxygen atoms in total. The van der Waals surface area contributed by atoms with Crippen LogP contribution in [0.15, 0.2) is 40.8 Å². The summed E-state index contributed by atoms with van der Waals surface area (Å²) in [4.78, 5) is 25.4. The van der Waals surface area contributed by atoms with Gasteiger partial charge in [0.2, 0.25) is 5.91 Å². The monoisotopic (exact) mass is 329 g/mol. The molecule has 0 radical (unpaired) electrons. The third kappa shape index (κ3) is 4.04. The van der Waals surface area contributed by atoms with E-state index in [1.54, 1.807) is 18.9 Å². The molecule has 0 aliphatic carbocycles. The molecule has 0 fully saturated rings. The maximum atomic E-state index is 12.8. The SMILES string of the molecule is Cc1oc(CN(C)C(=O)C(C)(C)Cc2ccccc2)cc1C(=O)O. The number of nitrogens with zero attached hydrogens (tertiary/aromatic N) is 1. The number of amides is 1. The number of carboxylic acid groups (broad SMARTS) is 1. The maximum absolute atomic E-state index is 12.8. The summed E-state index contributed by atoms with van der Waals surface area (Å²) < 4.78 is 5.45. The molecule has 0 aliphatic heterocycles. The van der Waals surface area contributed by atoms with Crippen molar-refractivity contribution in [2.75, 3.05) is 7.05 Å². The number of carbonyl (C=O) groups is 2. The summed E-state index contributed by atoms with van der Waals surface area (Å²) in [6.07, 6.45) is 0.634. The second-order valence-electron chi connectivity index (χ2n) is 6.70. The number of aromatic carboxylic acids is 1. The van der Waals surface area contributed by atoms with E-state index in [0.717, 1.165) is 5.56 Å². The molecule has 5 heteroatoms. The summed E-state index contributed by atoms with van der Waals surface area (Å²) in [5.74, 6) is -0.226. The third-order valence-electron chi connectivity index (χ3n) is 4.01. The molecule has 2 rings (SSSR count). The van der Waals surface area contributed by atoms with Gasteiger partial charge in [-0.3, -0.25) is 4.79 Å². The third-order valence-corrected chi connectivity index (χ3v) is 4.01. The molecule has 0 bridgehead atoms. The predicted molar refractivity (Wildman–Crippen MR) is 90.8 cm³/mol. The number of carbonyl (C=O) groups excluding carboxylic acids is 1. The van der Waals surface area contributed by atoms with Crippen molar-refractivity contribution in [1.82, 2.24) is 4.90 Å². The van der Waals surface area contributed by atoms with Crippen molar-refractivity contribution in [3.05, 3.63) is 59.0 Å². The molecular weight excluding hydrogens is 306 g/mol. The van der Waals surface area contributed by atoms with Crippen molar-refractivity contribution in [3.8, 4) is 0 Å². The minimum Gasteiger partial charge on any atom is -0.478 e. The van der Waals surface area contributed by atoms with Gasteiger partial charge in [0.15, 0.2) is 0 Å². The van der Waals surface area contributed by atoms with Gasteiger partial charge in [-0.2, -0.15) is 0 Å². The number of aryl methyl sites for hydroxylation is 1. The van der Waals surface area contributed by atoms with Gasteiger partial charge in [-0.1, -0.05) is 44.2 Å². The van der Waals surface area contributed by atoms with Crippen LogP contribution in [0.4, 0.5) is 0 Å². The van der Waals surface area contributed by atoms with Gasteiger partial charge in [-0.05, 0) is 25.0 Å². The van der Waals surface area contributed by atoms with E-state index in [-0.39, 0.29) is 18.0 Å².